The molecule has 0 spiro atoms. The highest BCUT2D eigenvalue weighted by molar-refractivity contribution is 7.99. The van der Waals surface area contributed by atoms with Crippen LogP contribution in [-0.4, -0.2) is 51.1 Å². The van der Waals surface area contributed by atoms with Crippen LogP contribution in [-0.2, 0) is 9.59 Å². The highest BCUT2D eigenvalue weighted by atomic mass is 32.2. The zero-order valence-electron chi connectivity index (χ0n) is 16.6. The number of thioether (sulfide) groups is 1. The summed E-state index contributed by atoms with van der Waals surface area (Å²) < 4.78 is 0. The third kappa shape index (κ3) is 12.1. The fourth-order valence-corrected chi connectivity index (χ4v) is 3.31. The van der Waals surface area contributed by atoms with Crippen LogP contribution in [0.2, 0.25) is 0 Å². The molecule has 0 aromatic carbocycles. The number of carboxylic acids is 1. The Morgan fingerprint density at radius 1 is 0.963 bits per heavy atom. The summed E-state index contributed by atoms with van der Waals surface area (Å²) in [7, 11) is 0. The Morgan fingerprint density at radius 3 is 2.00 bits per heavy atom. The Kier molecular flexibility index (Phi) is 13.0. The summed E-state index contributed by atoms with van der Waals surface area (Å²) in [6.45, 7) is 8.36. The number of hydrogen-bond acceptors (Lipinski definition) is 4. The van der Waals surface area contributed by atoms with Gasteiger partial charge in [0.1, 0.15) is 6.04 Å². The second kappa shape index (κ2) is 14.1. The molecule has 6 nitrogen and oxygen atoms in total. The minimum Gasteiger partial charge on any atom is -0.480 e. The molecule has 27 heavy (non-hydrogen) atoms. The van der Waals surface area contributed by atoms with Gasteiger partial charge in [0.25, 0.3) is 0 Å². The lowest BCUT2D eigenvalue weighted by Crippen LogP contribution is -2.45. The van der Waals surface area contributed by atoms with E-state index in [1.807, 2.05) is 13.0 Å². The molecule has 0 bridgehead atoms. The molecule has 0 saturated heterocycles. The highest BCUT2D eigenvalue weighted by Crippen LogP contribution is 2.14. The van der Waals surface area contributed by atoms with E-state index in [1.54, 1.807) is 0 Å². The number of carboxylic acid groups (broad SMARTS) is 2. The molecular formula is C20H31NO5S. The van der Waals surface area contributed by atoms with Crippen molar-refractivity contribution in [1.29, 1.82) is 0 Å². The van der Waals surface area contributed by atoms with Gasteiger partial charge in [-0.3, -0.25) is 4.79 Å². The topological polar surface area (TPSA) is 94.9 Å². The molecule has 1 atom stereocenters. The first-order valence-corrected chi connectivity index (χ1v) is 10.1. The summed E-state index contributed by atoms with van der Waals surface area (Å²) in [5, 5.41) is 18.0. The summed E-state index contributed by atoms with van der Waals surface area (Å²) in [6, 6.07) is -1.37. The Bertz CT molecular complexity index is 591. The highest BCUT2D eigenvalue weighted by Gasteiger charge is 2.29. The molecule has 0 aliphatic rings. The van der Waals surface area contributed by atoms with Gasteiger partial charge in [0.05, 0.1) is 0 Å². The predicted molar refractivity (Wildman–Crippen MR) is 110 cm³/mol. The van der Waals surface area contributed by atoms with Gasteiger partial charge in [-0.2, -0.15) is 11.8 Å². The lowest BCUT2D eigenvalue weighted by Gasteiger charge is -2.19. The maximum atomic E-state index is 11.1. The first-order valence-electron chi connectivity index (χ1n) is 8.90. The summed E-state index contributed by atoms with van der Waals surface area (Å²) in [6.07, 6.45) is 9.00. The molecule has 152 valence electrons. The standard InChI is InChI=1S/C20H31NO5S/c1-15(2)7-5-8-16(3)9-6-10-17(4)11-12-27-13-18(19(23)24)21(14-22)20(25)26/h7,9,11,14,18H,5-6,8,10,12-13H2,1-4H3,(H,23,24)(H,25,26)/b16-9+,17-11+/t18-/m0/s1. The number of carbonyl (C=O) groups excluding carboxylic acids is 1. The average molecular weight is 398 g/mol. The summed E-state index contributed by atoms with van der Waals surface area (Å²) in [5.74, 6) is -0.731. The molecule has 0 fully saturated rings. The van der Waals surface area contributed by atoms with Gasteiger partial charge in [-0.25, -0.2) is 14.5 Å². The van der Waals surface area contributed by atoms with Crippen LogP contribution in [0.25, 0.3) is 0 Å². The first kappa shape index (κ1) is 25.0. The van der Waals surface area contributed by atoms with E-state index in [4.69, 9.17) is 10.2 Å². The molecule has 0 saturated carbocycles. The van der Waals surface area contributed by atoms with Gasteiger partial charge in [-0.05, 0) is 53.4 Å². The van der Waals surface area contributed by atoms with Crippen LogP contribution in [0.5, 0.6) is 0 Å². The van der Waals surface area contributed by atoms with Gasteiger partial charge in [0.15, 0.2) is 0 Å². The predicted octanol–water partition coefficient (Wildman–Crippen LogP) is 4.73. The number of aliphatic carboxylic acids is 1. The number of imide groups is 1. The van der Waals surface area contributed by atoms with Crippen LogP contribution in [0.3, 0.4) is 0 Å². The Morgan fingerprint density at radius 2 is 1.52 bits per heavy atom. The fraction of sp³-hybridized carbons (Fsp3) is 0.550. The Balaban J connectivity index is 4.31. The lowest BCUT2D eigenvalue weighted by atomic mass is 10.1. The third-order valence-electron chi connectivity index (χ3n) is 3.90. The minimum absolute atomic E-state index is 0.0214. The number of allylic oxidation sites excluding steroid dienone is 5. The van der Waals surface area contributed by atoms with Crippen LogP contribution < -0.4 is 0 Å². The quantitative estimate of drug-likeness (QED) is 0.265. The van der Waals surface area contributed by atoms with Crippen LogP contribution in [0, 0.1) is 0 Å². The van der Waals surface area contributed by atoms with Crippen LogP contribution >= 0.6 is 11.8 Å². The Labute approximate surface area is 166 Å². The molecule has 2 N–H and O–H groups in total. The minimum atomic E-state index is -1.56. The van der Waals surface area contributed by atoms with Gasteiger partial charge in [0, 0.05) is 11.5 Å². The van der Waals surface area contributed by atoms with E-state index < -0.39 is 18.1 Å². The van der Waals surface area contributed by atoms with Gasteiger partial charge in [-0.15, -0.1) is 0 Å². The van der Waals surface area contributed by atoms with E-state index in [0.717, 1.165) is 25.7 Å². The van der Waals surface area contributed by atoms with Crippen molar-refractivity contribution in [2.45, 2.75) is 59.4 Å². The largest absolute Gasteiger partial charge is 0.480 e. The van der Waals surface area contributed by atoms with E-state index in [0.29, 0.717) is 5.75 Å². The SMILES string of the molecule is CC(C)=CCC/C(C)=C/CC/C(C)=C/CSC[C@@H](C(=O)O)N(C=O)C(=O)O. The van der Waals surface area contributed by atoms with Crippen molar-refractivity contribution in [1.82, 2.24) is 4.90 Å². The average Bonchev–Trinajstić information content (AvgIpc) is 2.56. The van der Waals surface area contributed by atoms with Crippen LogP contribution in [0.4, 0.5) is 4.79 Å². The molecule has 0 aromatic rings. The van der Waals surface area contributed by atoms with E-state index in [9.17, 15) is 14.4 Å². The van der Waals surface area contributed by atoms with Gasteiger partial charge in [-0.1, -0.05) is 34.9 Å². The summed E-state index contributed by atoms with van der Waals surface area (Å²) in [4.78, 5) is 33.1. The molecule has 0 rings (SSSR count). The third-order valence-corrected chi connectivity index (χ3v) is 4.86. The van der Waals surface area contributed by atoms with Gasteiger partial charge >= 0.3 is 12.1 Å². The normalized spacial score (nSPS) is 13.0. The molecule has 0 aliphatic heterocycles. The molecule has 0 heterocycles. The molecule has 7 heteroatoms. The fourth-order valence-electron chi connectivity index (χ4n) is 2.24. The van der Waals surface area contributed by atoms with E-state index >= 15 is 0 Å². The zero-order chi connectivity index (χ0) is 20.8. The summed E-state index contributed by atoms with van der Waals surface area (Å²) in [5.41, 5.74) is 3.92. The van der Waals surface area contributed by atoms with E-state index in [1.165, 1.54) is 28.5 Å². The van der Waals surface area contributed by atoms with Crippen molar-refractivity contribution in [3.8, 4) is 0 Å². The second-order valence-corrected chi connectivity index (χ2v) is 7.72. The van der Waals surface area contributed by atoms with Crippen molar-refractivity contribution in [2.75, 3.05) is 11.5 Å². The smallest absolute Gasteiger partial charge is 0.414 e. The van der Waals surface area contributed by atoms with Gasteiger partial charge < -0.3 is 10.2 Å². The van der Waals surface area contributed by atoms with Crippen LogP contribution in [0.1, 0.15) is 53.4 Å². The molecule has 0 radical (unpaired) electrons. The van der Waals surface area contributed by atoms with Crippen molar-refractivity contribution in [3.05, 3.63) is 34.9 Å². The Hall–Kier alpha value is -2.02. The molecule has 0 unspecified atom stereocenters. The molecule has 0 aliphatic carbocycles. The number of amides is 2. The second-order valence-electron chi connectivity index (χ2n) is 6.65. The summed E-state index contributed by atoms with van der Waals surface area (Å²) >= 11 is 1.29. The van der Waals surface area contributed by atoms with Crippen molar-refractivity contribution in [2.24, 2.45) is 0 Å². The number of rotatable bonds is 13. The maximum absolute atomic E-state index is 11.1. The zero-order valence-corrected chi connectivity index (χ0v) is 17.4. The van der Waals surface area contributed by atoms with Gasteiger partial charge in [0.2, 0.25) is 6.41 Å². The lowest BCUT2D eigenvalue weighted by molar-refractivity contribution is -0.144. The van der Waals surface area contributed by atoms with Crippen LogP contribution in [0.15, 0.2) is 34.9 Å². The monoisotopic (exact) mass is 397 g/mol. The number of hydrogen-bond donors (Lipinski definition) is 2. The molecule has 0 aromatic heterocycles. The van der Waals surface area contributed by atoms with Crippen molar-refractivity contribution in [3.63, 3.8) is 0 Å². The van der Waals surface area contributed by atoms with Crippen molar-refractivity contribution < 1.29 is 24.6 Å². The number of nitrogens with zero attached hydrogens (tertiary/aromatic N) is 1. The maximum Gasteiger partial charge on any atom is 0.414 e. The first-order chi connectivity index (χ1) is 12.7. The van der Waals surface area contributed by atoms with Crippen molar-refractivity contribution >= 4 is 30.2 Å². The molecular weight excluding hydrogens is 366 g/mol. The molecule has 2 amide bonds. The number of carbonyl (C=O) groups is 3. The van der Waals surface area contributed by atoms with E-state index in [2.05, 4.69) is 32.9 Å². The van der Waals surface area contributed by atoms with E-state index in [-0.39, 0.29) is 17.1 Å².